The molecule has 4 aromatic rings. The Labute approximate surface area is 178 Å². The van der Waals surface area contributed by atoms with E-state index in [1.165, 1.54) is 6.92 Å². The van der Waals surface area contributed by atoms with Gasteiger partial charge in [-0.05, 0) is 62.0 Å². The Bertz CT molecular complexity index is 1390. The van der Waals surface area contributed by atoms with Gasteiger partial charge in [0.15, 0.2) is 5.65 Å². The van der Waals surface area contributed by atoms with E-state index < -0.39 is 0 Å². The predicted molar refractivity (Wildman–Crippen MR) is 120 cm³/mol. The van der Waals surface area contributed by atoms with E-state index in [1.807, 2.05) is 50.5 Å². The Morgan fingerprint density at radius 2 is 2.10 bits per heavy atom. The van der Waals surface area contributed by atoms with Crippen LogP contribution in [0.2, 0.25) is 0 Å². The van der Waals surface area contributed by atoms with Crippen LogP contribution in [0.25, 0.3) is 27.7 Å². The van der Waals surface area contributed by atoms with Gasteiger partial charge in [-0.15, -0.1) is 0 Å². The van der Waals surface area contributed by atoms with Gasteiger partial charge < -0.3 is 15.2 Å². The fraction of sp³-hybridized carbons (Fsp3) is 0.304. The first-order chi connectivity index (χ1) is 14.9. The number of aryl methyl sites for hydroxylation is 2. The van der Waals surface area contributed by atoms with Gasteiger partial charge in [0, 0.05) is 25.2 Å². The number of rotatable bonds is 3. The van der Waals surface area contributed by atoms with E-state index in [0.717, 1.165) is 53.1 Å². The summed E-state index contributed by atoms with van der Waals surface area (Å²) in [6.07, 6.45) is 4.65. The summed E-state index contributed by atoms with van der Waals surface area (Å²) in [4.78, 5) is 29.8. The number of anilines is 1. The van der Waals surface area contributed by atoms with Gasteiger partial charge in [0.2, 0.25) is 5.91 Å². The molecule has 0 saturated carbocycles. The molecule has 1 aliphatic heterocycles. The molecule has 0 aliphatic carbocycles. The quantitative estimate of drug-likeness (QED) is 0.536. The summed E-state index contributed by atoms with van der Waals surface area (Å²) in [6, 6.07) is 7.83. The van der Waals surface area contributed by atoms with Gasteiger partial charge in [-0.1, -0.05) is 0 Å². The smallest absolute Gasteiger partial charge is 0.260 e. The number of imidazole rings is 1. The molecule has 1 aliphatic rings. The van der Waals surface area contributed by atoms with Crippen LogP contribution in [0.15, 0.2) is 41.5 Å². The number of carbonyl (C=O) groups excluding carboxylic acids is 1. The first-order valence-corrected chi connectivity index (χ1v) is 10.4. The largest absolute Gasteiger partial charge is 0.326 e. The number of pyridine rings is 1. The molecule has 1 amide bonds. The summed E-state index contributed by atoms with van der Waals surface area (Å²) in [7, 11) is 0. The van der Waals surface area contributed by atoms with Crippen LogP contribution in [0, 0.1) is 13.8 Å². The number of amides is 1. The van der Waals surface area contributed by atoms with Gasteiger partial charge in [0.05, 0.1) is 34.7 Å². The SMILES string of the molecule is CC(=O)Nc1cc(-c2cc(C)c3nc(C)cn3n2)cc2ccn([C@@H]3CCNC3)c(=O)c12. The summed E-state index contributed by atoms with van der Waals surface area (Å²) < 4.78 is 3.55. The van der Waals surface area contributed by atoms with Crippen LogP contribution >= 0.6 is 0 Å². The van der Waals surface area contributed by atoms with Crippen molar-refractivity contribution < 1.29 is 4.79 Å². The van der Waals surface area contributed by atoms with Crippen LogP contribution in [0.5, 0.6) is 0 Å². The highest BCUT2D eigenvalue weighted by molar-refractivity contribution is 6.03. The molecule has 1 aromatic carbocycles. The minimum atomic E-state index is -0.222. The van der Waals surface area contributed by atoms with E-state index >= 15 is 0 Å². The van der Waals surface area contributed by atoms with Crippen molar-refractivity contribution in [1.82, 2.24) is 24.5 Å². The van der Waals surface area contributed by atoms with Gasteiger partial charge in [-0.2, -0.15) is 5.10 Å². The van der Waals surface area contributed by atoms with Gasteiger partial charge in [0.25, 0.3) is 5.56 Å². The lowest BCUT2D eigenvalue weighted by Gasteiger charge is -2.16. The van der Waals surface area contributed by atoms with Crippen LogP contribution in [0.4, 0.5) is 5.69 Å². The molecule has 0 spiro atoms. The zero-order valence-corrected chi connectivity index (χ0v) is 17.8. The number of benzene rings is 1. The van der Waals surface area contributed by atoms with E-state index in [0.29, 0.717) is 11.1 Å². The topological polar surface area (TPSA) is 93.3 Å². The first kappa shape index (κ1) is 19.4. The minimum absolute atomic E-state index is 0.0914. The third kappa shape index (κ3) is 3.38. The minimum Gasteiger partial charge on any atom is -0.326 e. The molecule has 2 N–H and O–H groups in total. The van der Waals surface area contributed by atoms with E-state index in [2.05, 4.69) is 15.6 Å². The highest BCUT2D eigenvalue weighted by Crippen LogP contribution is 2.30. The van der Waals surface area contributed by atoms with Crippen LogP contribution in [-0.2, 0) is 4.79 Å². The molecule has 0 unspecified atom stereocenters. The molecular weight excluding hydrogens is 392 g/mol. The van der Waals surface area contributed by atoms with Gasteiger partial charge >= 0.3 is 0 Å². The second-order valence-corrected chi connectivity index (χ2v) is 8.21. The Kier molecular flexibility index (Phi) is 4.59. The van der Waals surface area contributed by atoms with E-state index in [1.54, 1.807) is 9.08 Å². The van der Waals surface area contributed by atoms with Crippen LogP contribution in [0.3, 0.4) is 0 Å². The van der Waals surface area contributed by atoms with Crippen LogP contribution < -0.4 is 16.2 Å². The first-order valence-electron chi connectivity index (χ1n) is 10.4. The molecule has 4 heterocycles. The molecule has 0 radical (unpaired) electrons. The second-order valence-electron chi connectivity index (χ2n) is 8.21. The van der Waals surface area contributed by atoms with Crippen LogP contribution in [0.1, 0.15) is 30.6 Å². The molecule has 1 saturated heterocycles. The predicted octanol–water partition coefficient (Wildman–Crippen LogP) is 2.82. The van der Waals surface area contributed by atoms with Crippen LogP contribution in [-0.4, -0.2) is 38.2 Å². The summed E-state index contributed by atoms with van der Waals surface area (Å²) >= 11 is 0. The van der Waals surface area contributed by atoms with E-state index in [9.17, 15) is 9.59 Å². The molecule has 8 nitrogen and oxygen atoms in total. The Morgan fingerprint density at radius 1 is 1.26 bits per heavy atom. The summed E-state index contributed by atoms with van der Waals surface area (Å²) in [6.45, 7) is 7.05. The number of hydrogen-bond acceptors (Lipinski definition) is 5. The summed E-state index contributed by atoms with van der Waals surface area (Å²) in [5, 5.41) is 12.2. The maximum absolute atomic E-state index is 13.4. The van der Waals surface area contributed by atoms with Crippen molar-refractivity contribution in [3.8, 4) is 11.3 Å². The maximum atomic E-state index is 13.4. The molecular formula is C23H24N6O2. The Balaban J connectivity index is 1.72. The summed E-state index contributed by atoms with van der Waals surface area (Å²) in [5.41, 5.74) is 4.71. The normalized spacial score (nSPS) is 16.3. The zero-order valence-electron chi connectivity index (χ0n) is 17.8. The summed E-state index contributed by atoms with van der Waals surface area (Å²) in [5.74, 6) is -0.222. The van der Waals surface area contributed by atoms with Crippen molar-refractivity contribution in [2.24, 2.45) is 0 Å². The number of nitrogens with zero attached hydrogens (tertiary/aromatic N) is 4. The molecule has 31 heavy (non-hydrogen) atoms. The van der Waals surface area contributed by atoms with E-state index in [4.69, 9.17) is 5.10 Å². The van der Waals surface area contributed by atoms with Crippen molar-refractivity contribution in [2.75, 3.05) is 18.4 Å². The third-order valence-corrected chi connectivity index (χ3v) is 5.80. The van der Waals surface area contributed by atoms with Crippen molar-refractivity contribution in [3.05, 3.63) is 58.3 Å². The Morgan fingerprint density at radius 3 is 2.84 bits per heavy atom. The zero-order chi connectivity index (χ0) is 21.7. The molecule has 158 valence electrons. The molecule has 0 bridgehead atoms. The van der Waals surface area contributed by atoms with Crippen molar-refractivity contribution in [1.29, 1.82) is 0 Å². The van der Waals surface area contributed by atoms with Gasteiger partial charge in [0.1, 0.15) is 0 Å². The lowest BCUT2D eigenvalue weighted by molar-refractivity contribution is -0.114. The second kappa shape index (κ2) is 7.31. The number of nitrogens with one attached hydrogen (secondary N) is 2. The molecule has 3 aromatic heterocycles. The van der Waals surface area contributed by atoms with Gasteiger partial charge in [-0.25, -0.2) is 9.50 Å². The van der Waals surface area contributed by atoms with Gasteiger partial charge in [-0.3, -0.25) is 9.59 Å². The number of aromatic nitrogens is 4. The van der Waals surface area contributed by atoms with E-state index in [-0.39, 0.29) is 17.5 Å². The fourth-order valence-corrected chi connectivity index (χ4v) is 4.38. The average Bonchev–Trinajstić information content (AvgIpc) is 3.37. The molecule has 8 heteroatoms. The maximum Gasteiger partial charge on any atom is 0.260 e. The highest BCUT2D eigenvalue weighted by atomic mass is 16.1. The Hall–Kier alpha value is -3.52. The molecule has 5 rings (SSSR count). The molecule has 1 fully saturated rings. The highest BCUT2D eigenvalue weighted by Gasteiger charge is 2.20. The van der Waals surface area contributed by atoms with Crippen molar-refractivity contribution in [2.45, 2.75) is 33.2 Å². The monoisotopic (exact) mass is 416 g/mol. The number of hydrogen-bond donors (Lipinski definition) is 2. The number of fused-ring (bicyclic) bond motifs is 2. The molecule has 1 atom stereocenters. The fourth-order valence-electron chi connectivity index (χ4n) is 4.38. The lowest BCUT2D eigenvalue weighted by atomic mass is 10.0. The standard InChI is InChI=1S/C23H24N6O2/c1-13-8-19(27-29-12-14(2)25-22(13)29)17-9-16-5-7-28(18-4-6-24-11-18)23(31)21(16)20(10-17)26-15(3)30/h5,7-10,12,18,24H,4,6,11H2,1-3H3,(H,26,30)/t18-/m1/s1. The van der Waals surface area contributed by atoms with Crippen molar-refractivity contribution in [3.63, 3.8) is 0 Å². The third-order valence-electron chi connectivity index (χ3n) is 5.80. The number of carbonyl (C=O) groups is 1. The lowest BCUT2D eigenvalue weighted by Crippen LogP contribution is -2.26. The average molecular weight is 416 g/mol. The van der Waals surface area contributed by atoms with Crippen molar-refractivity contribution >= 4 is 28.0 Å².